The number of nitrogens with zero attached hydrogens (tertiary/aromatic N) is 4. The van der Waals surface area contributed by atoms with Crippen molar-refractivity contribution in [3.8, 4) is 34.3 Å². The zero-order valence-electron chi connectivity index (χ0n) is 11.9. The van der Waals surface area contributed by atoms with E-state index in [4.69, 9.17) is 14.0 Å². The molecule has 2 aromatic heterocycles. The summed E-state index contributed by atoms with van der Waals surface area (Å²) < 4.78 is 42.9. The van der Waals surface area contributed by atoms with E-state index < -0.39 is 6.43 Å². The van der Waals surface area contributed by atoms with Gasteiger partial charge in [-0.25, -0.2) is 8.78 Å². The minimum Gasteiger partial charge on any atom is -0.454 e. The van der Waals surface area contributed by atoms with E-state index in [-0.39, 0.29) is 29.8 Å². The molecule has 3 aromatic rings. The molecule has 4 rings (SSSR count). The molecular formula is C14H10F2N4O3. The first kappa shape index (κ1) is 13.7. The van der Waals surface area contributed by atoms with E-state index in [0.717, 1.165) is 4.68 Å². The Kier molecular flexibility index (Phi) is 3.00. The summed E-state index contributed by atoms with van der Waals surface area (Å²) in [6.45, 7) is 0.156. The van der Waals surface area contributed by atoms with Crippen molar-refractivity contribution in [2.75, 3.05) is 6.79 Å². The number of aromatic nitrogens is 4. The molecule has 0 atom stereocenters. The third-order valence-electron chi connectivity index (χ3n) is 3.48. The van der Waals surface area contributed by atoms with Gasteiger partial charge in [-0.15, -0.1) is 0 Å². The fourth-order valence-corrected chi connectivity index (χ4v) is 2.36. The van der Waals surface area contributed by atoms with Crippen LogP contribution in [0.3, 0.4) is 0 Å². The van der Waals surface area contributed by atoms with Crippen molar-refractivity contribution >= 4 is 0 Å². The Morgan fingerprint density at radius 2 is 2.04 bits per heavy atom. The third kappa shape index (κ3) is 2.20. The molecule has 1 aliphatic rings. The van der Waals surface area contributed by atoms with Crippen LogP contribution in [0.1, 0.15) is 12.1 Å². The lowest BCUT2D eigenvalue weighted by atomic mass is 10.2. The Morgan fingerprint density at radius 3 is 2.87 bits per heavy atom. The predicted octanol–water partition coefficient (Wildman–Crippen LogP) is 2.80. The Hall–Kier alpha value is -2.97. The van der Waals surface area contributed by atoms with E-state index in [1.807, 2.05) is 0 Å². The van der Waals surface area contributed by atoms with Crippen LogP contribution in [-0.4, -0.2) is 26.7 Å². The summed E-state index contributed by atoms with van der Waals surface area (Å²) in [4.78, 5) is 4.17. The molecule has 0 saturated carbocycles. The number of halogens is 2. The summed E-state index contributed by atoms with van der Waals surface area (Å²) in [7, 11) is 1.43. The molecule has 23 heavy (non-hydrogen) atoms. The van der Waals surface area contributed by atoms with Gasteiger partial charge in [-0.1, -0.05) is 5.16 Å². The zero-order chi connectivity index (χ0) is 16.0. The molecule has 0 fully saturated rings. The number of benzene rings is 1. The SMILES string of the molecule is Cn1ncc(-c2nc(-c3ccc4c(c3)OCO4)no2)c1C(F)F. The van der Waals surface area contributed by atoms with Crippen LogP contribution in [0.4, 0.5) is 8.78 Å². The van der Waals surface area contributed by atoms with Crippen molar-refractivity contribution in [2.24, 2.45) is 7.05 Å². The molecule has 0 bridgehead atoms. The van der Waals surface area contributed by atoms with Crippen molar-refractivity contribution < 1.29 is 22.8 Å². The Bertz CT molecular complexity index is 875. The first-order chi connectivity index (χ1) is 11.1. The second kappa shape index (κ2) is 5.04. The topological polar surface area (TPSA) is 75.2 Å². The van der Waals surface area contributed by atoms with Crippen LogP contribution in [0.15, 0.2) is 28.9 Å². The highest BCUT2D eigenvalue weighted by atomic mass is 19.3. The lowest BCUT2D eigenvalue weighted by molar-refractivity contribution is 0.141. The number of hydrogen-bond acceptors (Lipinski definition) is 6. The molecule has 0 aliphatic carbocycles. The van der Waals surface area contributed by atoms with Crippen molar-refractivity contribution in [2.45, 2.75) is 6.43 Å². The second-order valence-electron chi connectivity index (χ2n) is 4.86. The van der Waals surface area contributed by atoms with Crippen molar-refractivity contribution in [1.29, 1.82) is 0 Å². The highest BCUT2D eigenvalue weighted by Gasteiger charge is 2.24. The van der Waals surface area contributed by atoms with Crippen LogP contribution in [0, 0.1) is 0 Å². The Morgan fingerprint density at radius 1 is 1.22 bits per heavy atom. The van der Waals surface area contributed by atoms with Crippen LogP contribution >= 0.6 is 0 Å². The number of hydrogen-bond donors (Lipinski definition) is 0. The summed E-state index contributed by atoms with van der Waals surface area (Å²) >= 11 is 0. The quantitative estimate of drug-likeness (QED) is 0.738. The van der Waals surface area contributed by atoms with Gasteiger partial charge in [-0.05, 0) is 18.2 Å². The lowest BCUT2D eigenvalue weighted by Gasteiger charge is -2.01. The van der Waals surface area contributed by atoms with Gasteiger partial charge < -0.3 is 14.0 Å². The normalized spacial score (nSPS) is 13.0. The molecule has 0 amide bonds. The molecule has 0 unspecified atom stereocenters. The minimum absolute atomic E-state index is 0.0129. The van der Waals surface area contributed by atoms with E-state index in [9.17, 15) is 8.78 Å². The third-order valence-corrected chi connectivity index (χ3v) is 3.48. The number of rotatable bonds is 3. The Labute approximate surface area is 128 Å². The van der Waals surface area contributed by atoms with E-state index in [0.29, 0.717) is 17.1 Å². The standard InChI is InChI=1S/C14H10F2N4O3/c1-20-11(12(15)16)8(5-17-20)14-18-13(19-23-14)7-2-3-9-10(4-7)22-6-21-9/h2-5,12H,6H2,1H3. The largest absolute Gasteiger partial charge is 0.454 e. The van der Waals surface area contributed by atoms with Gasteiger partial charge in [0.15, 0.2) is 11.5 Å². The smallest absolute Gasteiger partial charge is 0.280 e. The lowest BCUT2D eigenvalue weighted by Crippen LogP contribution is -1.99. The van der Waals surface area contributed by atoms with Crippen LogP contribution in [0.2, 0.25) is 0 Å². The van der Waals surface area contributed by atoms with Gasteiger partial charge in [0, 0.05) is 12.6 Å². The van der Waals surface area contributed by atoms with E-state index >= 15 is 0 Å². The monoisotopic (exact) mass is 320 g/mol. The highest BCUT2D eigenvalue weighted by Crippen LogP contribution is 2.36. The maximum atomic E-state index is 13.1. The van der Waals surface area contributed by atoms with E-state index in [2.05, 4.69) is 15.2 Å². The van der Waals surface area contributed by atoms with Gasteiger partial charge in [0.25, 0.3) is 12.3 Å². The van der Waals surface area contributed by atoms with Gasteiger partial charge in [0.1, 0.15) is 5.69 Å². The molecule has 7 nitrogen and oxygen atoms in total. The molecule has 0 N–H and O–H groups in total. The maximum Gasteiger partial charge on any atom is 0.280 e. The maximum absolute atomic E-state index is 13.1. The van der Waals surface area contributed by atoms with Crippen molar-refractivity contribution in [3.05, 3.63) is 30.1 Å². The molecule has 0 saturated heterocycles. The van der Waals surface area contributed by atoms with Crippen LogP contribution in [-0.2, 0) is 7.05 Å². The summed E-state index contributed by atoms with van der Waals surface area (Å²) in [6, 6.07) is 5.16. The molecule has 118 valence electrons. The zero-order valence-corrected chi connectivity index (χ0v) is 11.9. The highest BCUT2D eigenvalue weighted by molar-refractivity contribution is 5.64. The average Bonchev–Trinajstić information content (AvgIpc) is 3.24. The molecule has 9 heteroatoms. The summed E-state index contributed by atoms with van der Waals surface area (Å²) in [5, 5.41) is 7.65. The number of ether oxygens (including phenoxy) is 2. The number of fused-ring (bicyclic) bond motifs is 1. The molecule has 1 aliphatic heterocycles. The first-order valence-corrected chi connectivity index (χ1v) is 6.67. The minimum atomic E-state index is -2.70. The predicted molar refractivity (Wildman–Crippen MR) is 73.0 cm³/mol. The number of aryl methyl sites for hydroxylation is 1. The molecule has 0 radical (unpaired) electrons. The molecule has 3 heterocycles. The van der Waals surface area contributed by atoms with E-state index in [1.165, 1.54) is 13.2 Å². The second-order valence-corrected chi connectivity index (χ2v) is 4.86. The van der Waals surface area contributed by atoms with Gasteiger partial charge in [-0.3, -0.25) is 4.68 Å². The summed E-state index contributed by atoms with van der Waals surface area (Å²) in [5.74, 6) is 1.46. The average molecular weight is 320 g/mol. The summed E-state index contributed by atoms with van der Waals surface area (Å²) in [5.41, 5.74) is 0.472. The Balaban J connectivity index is 1.73. The van der Waals surface area contributed by atoms with Crippen LogP contribution in [0.5, 0.6) is 11.5 Å². The van der Waals surface area contributed by atoms with Crippen LogP contribution in [0.25, 0.3) is 22.8 Å². The van der Waals surface area contributed by atoms with Gasteiger partial charge in [-0.2, -0.15) is 10.1 Å². The fourth-order valence-electron chi connectivity index (χ4n) is 2.36. The molecular weight excluding hydrogens is 310 g/mol. The van der Waals surface area contributed by atoms with Gasteiger partial charge in [0.05, 0.1) is 11.8 Å². The van der Waals surface area contributed by atoms with Gasteiger partial charge in [0.2, 0.25) is 12.6 Å². The fraction of sp³-hybridized carbons (Fsp3) is 0.214. The molecule has 1 aromatic carbocycles. The van der Waals surface area contributed by atoms with Crippen molar-refractivity contribution in [3.63, 3.8) is 0 Å². The van der Waals surface area contributed by atoms with Crippen LogP contribution < -0.4 is 9.47 Å². The van der Waals surface area contributed by atoms with Crippen molar-refractivity contribution in [1.82, 2.24) is 19.9 Å². The van der Waals surface area contributed by atoms with E-state index in [1.54, 1.807) is 18.2 Å². The van der Waals surface area contributed by atoms with Gasteiger partial charge >= 0.3 is 0 Å². The number of alkyl halides is 2. The summed E-state index contributed by atoms with van der Waals surface area (Å²) in [6.07, 6.45) is -1.42. The first-order valence-electron chi connectivity index (χ1n) is 6.67. The molecule has 0 spiro atoms.